The lowest BCUT2D eigenvalue weighted by atomic mass is 10.1. The highest BCUT2D eigenvalue weighted by atomic mass is 16.6. The van der Waals surface area contributed by atoms with Crippen LogP contribution in [0.4, 0.5) is 5.69 Å². The van der Waals surface area contributed by atoms with Gasteiger partial charge in [0.1, 0.15) is 5.75 Å². The van der Waals surface area contributed by atoms with Crippen LogP contribution in [0.2, 0.25) is 0 Å². The van der Waals surface area contributed by atoms with E-state index in [9.17, 15) is 15.2 Å². The van der Waals surface area contributed by atoms with E-state index < -0.39 is 4.92 Å². The van der Waals surface area contributed by atoms with Crippen molar-refractivity contribution in [1.82, 2.24) is 0 Å². The summed E-state index contributed by atoms with van der Waals surface area (Å²) in [6.07, 6.45) is 0.441. The molecule has 2 aromatic carbocycles. The molecule has 0 unspecified atom stereocenters. The highest BCUT2D eigenvalue weighted by Crippen LogP contribution is 2.20. The second-order valence-corrected chi connectivity index (χ2v) is 4.25. The van der Waals surface area contributed by atoms with Crippen molar-refractivity contribution in [3.8, 4) is 5.75 Å². The largest absolute Gasteiger partial charge is 0.493 e. The molecule has 0 spiro atoms. The number of aliphatic hydroxyl groups excluding tert-OH is 1. The zero-order valence-electron chi connectivity index (χ0n) is 10.9. The first-order chi connectivity index (χ1) is 9.72. The highest BCUT2D eigenvalue weighted by Gasteiger charge is 2.12. The number of hydrogen-bond donors (Lipinski definition) is 1. The molecule has 1 N–H and O–H groups in total. The molecule has 0 aliphatic carbocycles. The molecule has 5 heteroatoms. The molecule has 0 aliphatic heterocycles. The molecule has 0 saturated heterocycles. The minimum atomic E-state index is -0.392. The van der Waals surface area contributed by atoms with Crippen LogP contribution in [0, 0.1) is 10.1 Å². The molecule has 0 amide bonds. The average Bonchev–Trinajstić information content (AvgIpc) is 2.48. The smallest absolute Gasteiger partial charge is 0.272 e. The lowest BCUT2D eigenvalue weighted by Gasteiger charge is -2.09. The fourth-order valence-corrected chi connectivity index (χ4v) is 1.95. The molecule has 0 atom stereocenters. The molecule has 0 saturated carbocycles. The second kappa shape index (κ2) is 6.68. The van der Waals surface area contributed by atoms with Gasteiger partial charge in [0.05, 0.1) is 18.1 Å². The Hall–Kier alpha value is -2.40. The zero-order valence-corrected chi connectivity index (χ0v) is 10.9. The predicted molar refractivity (Wildman–Crippen MR) is 74.7 cm³/mol. The Kier molecular flexibility index (Phi) is 4.68. The Morgan fingerprint density at radius 1 is 1.05 bits per heavy atom. The van der Waals surface area contributed by atoms with E-state index >= 15 is 0 Å². The summed E-state index contributed by atoms with van der Waals surface area (Å²) < 4.78 is 5.58. The van der Waals surface area contributed by atoms with Gasteiger partial charge >= 0.3 is 0 Å². The Balaban J connectivity index is 2.01. The maximum atomic E-state index is 10.9. The fourth-order valence-electron chi connectivity index (χ4n) is 1.95. The number of nitro benzene ring substituents is 1. The van der Waals surface area contributed by atoms with E-state index in [0.717, 1.165) is 0 Å². The lowest BCUT2D eigenvalue weighted by molar-refractivity contribution is -0.385. The molecule has 2 rings (SSSR count). The van der Waals surface area contributed by atoms with Crippen LogP contribution >= 0.6 is 0 Å². The first-order valence-electron chi connectivity index (χ1n) is 6.26. The van der Waals surface area contributed by atoms with Crippen molar-refractivity contribution < 1.29 is 14.8 Å². The minimum absolute atomic E-state index is 0.0956. The summed E-state index contributed by atoms with van der Waals surface area (Å²) in [5.41, 5.74) is 1.44. The molecule has 20 heavy (non-hydrogen) atoms. The Labute approximate surface area is 116 Å². The van der Waals surface area contributed by atoms with Crippen molar-refractivity contribution in [2.45, 2.75) is 13.0 Å². The minimum Gasteiger partial charge on any atom is -0.493 e. The first kappa shape index (κ1) is 14.0. The van der Waals surface area contributed by atoms with E-state index in [0.29, 0.717) is 29.9 Å². The van der Waals surface area contributed by atoms with Gasteiger partial charge in [-0.3, -0.25) is 10.1 Å². The van der Waals surface area contributed by atoms with E-state index in [-0.39, 0.29) is 12.3 Å². The van der Waals surface area contributed by atoms with E-state index in [1.165, 1.54) is 6.07 Å². The average molecular weight is 273 g/mol. The Morgan fingerprint density at radius 3 is 2.40 bits per heavy atom. The van der Waals surface area contributed by atoms with E-state index in [4.69, 9.17) is 4.74 Å². The molecule has 104 valence electrons. The third-order valence-corrected chi connectivity index (χ3v) is 2.96. The monoisotopic (exact) mass is 273 g/mol. The van der Waals surface area contributed by atoms with Gasteiger partial charge in [0.25, 0.3) is 5.69 Å². The molecular formula is C15H15NO4. The van der Waals surface area contributed by atoms with Crippen molar-refractivity contribution in [3.05, 3.63) is 69.8 Å². The summed E-state index contributed by atoms with van der Waals surface area (Å²) in [6.45, 7) is 0.226. The summed E-state index contributed by atoms with van der Waals surface area (Å²) in [4.78, 5) is 10.5. The number of hydrogen-bond acceptors (Lipinski definition) is 4. The second-order valence-electron chi connectivity index (χ2n) is 4.25. The van der Waals surface area contributed by atoms with Crippen LogP contribution in [-0.4, -0.2) is 16.6 Å². The Bertz CT molecular complexity index is 598. The summed E-state index contributed by atoms with van der Waals surface area (Å²) in [6, 6.07) is 13.8. The quantitative estimate of drug-likeness (QED) is 0.648. The number of para-hydroxylation sites is 2. The van der Waals surface area contributed by atoms with Crippen molar-refractivity contribution in [1.29, 1.82) is 0 Å². The maximum Gasteiger partial charge on any atom is 0.272 e. The molecule has 5 nitrogen and oxygen atoms in total. The molecule has 0 bridgehead atoms. The van der Waals surface area contributed by atoms with Gasteiger partial charge in [0.15, 0.2) is 0 Å². The van der Waals surface area contributed by atoms with Gasteiger partial charge in [0.2, 0.25) is 0 Å². The van der Waals surface area contributed by atoms with Crippen molar-refractivity contribution in [2.75, 3.05) is 6.61 Å². The van der Waals surface area contributed by atoms with Gasteiger partial charge in [-0.2, -0.15) is 0 Å². The fraction of sp³-hybridized carbons (Fsp3) is 0.200. The van der Waals surface area contributed by atoms with Gasteiger partial charge in [-0.05, 0) is 6.07 Å². The summed E-state index contributed by atoms with van der Waals surface area (Å²) in [5, 5.41) is 20.1. The molecule has 0 aromatic heterocycles. The lowest BCUT2D eigenvalue weighted by Crippen LogP contribution is -2.05. The summed E-state index contributed by atoms with van der Waals surface area (Å²) in [7, 11) is 0. The van der Waals surface area contributed by atoms with Gasteiger partial charge in [-0.1, -0.05) is 36.4 Å². The maximum absolute atomic E-state index is 10.9. The first-order valence-corrected chi connectivity index (χ1v) is 6.26. The predicted octanol–water partition coefficient (Wildman–Crippen LogP) is 2.71. The highest BCUT2D eigenvalue weighted by molar-refractivity contribution is 5.40. The van der Waals surface area contributed by atoms with Crippen LogP contribution in [0.15, 0.2) is 48.5 Å². The van der Waals surface area contributed by atoms with E-state index in [1.54, 1.807) is 30.3 Å². The standard InChI is InChI=1S/C15H15NO4/c17-11-13-6-2-4-8-15(13)20-10-9-12-5-1-3-7-14(12)16(18)19/h1-8,17H,9-11H2. The third kappa shape index (κ3) is 3.33. The molecular weight excluding hydrogens is 258 g/mol. The molecule has 0 heterocycles. The van der Waals surface area contributed by atoms with Crippen LogP contribution < -0.4 is 4.74 Å². The number of nitro groups is 1. The topological polar surface area (TPSA) is 72.6 Å². The molecule has 0 fully saturated rings. The number of rotatable bonds is 6. The Morgan fingerprint density at radius 2 is 1.70 bits per heavy atom. The number of benzene rings is 2. The third-order valence-electron chi connectivity index (χ3n) is 2.96. The molecule has 2 aromatic rings. The van der Waals surface area contributed by atoms with Crippen molar-refractivity contribution in [3.63, 3.8) is 0 Å². The molecule has 0 aliphatic rings. The van der Waals surface area contributed by atoms with E-state index in [1.807, 2.05) is 12.1 Å². The van der Waals surface area contributed by atoms with Crippen LogP contribution in [0.1, 0.15) is 11.1 Å². The van der Waals surface area contributed by atoms with Crippen LogP contribution in [-0.2, 0) is 13.0 Å². The van der Waals surface area contributed by atoms with Crippen LogP contribution in [0.3, 0.4) is 0 Å². The molecule has 0 radical (unpaired) electrons. The van der Waals surface area contributed by atoms with Gasteiger partial charge in [0, 0.05) is 23.6 Å². The van der Waals surface area contributed by atoms with Gasteiger partial charge < -0.3 is 9.84 Å². The number of ether oxygens (including phenoxy) is 1. The summed E-state index contributed by atoms with van der Waals surface area (Å²) in [5.74, 6) is 0.605. The zero-order chi connectivity index (χ0) is 14.4. The summed E-state index contributed by atoms with van der Waals surface area (Å²) >= 11 is 0. The van der Waals surface area contributed by atoms with Crippen LogP contribution in [0.5, 0.6) is 5.75 Å². The van der Waals surface area contributed by atoms with E-state index in [2.05, 4.69) is 0 Å². The van der Waals surface area contributed by atoms with Crippen molar-refractivity contribution in [2.24, 2.45) is 0 Å². The normalized spacial score (nSPS) is 10.2. The van der Waals surface area contributed by atoms with Gasteiger partial charge in [-0.15, -0.1) is 0 Å². The number of nitrogens with zero attached hydrogens (tertiary/aromatic N) is 1. The SMILES string of the molecule is O=[N+]([O-])c1ccccc1CCOc1ccccc1CO. The number of aliphatic hydroxyl groups is 1. The van der Waals surface area contributed by atoms with Gasteiger partial charge in [-0.25, -0.2) is 0 Å². The van der Waals surface area contributed by atoms with Crippen molar-refractivity contribution >= 4 is 5.69 Å². The van der Waals surface area contributed by atoms with Crippen LogP contribution in [0.25, 0.3) is 0 Å².